The van der Waals surface area contributed by atoms with Crippen molar-refractivity contribution in [2.45, 2.75) is 12.2 Å². The molecule has 1 saturated heterocycles. The van der Waals surface area contributed by atoms with Crippen molar-refractivity contribution in [3.63, 3.8) is 0 Å². The van der Waals surface area contributed by atoms with E-state index in [-0.39, 0.29) is 5.78 Å². The van der Waals surface area contributed by atoms with Crippen molar-refractivity contribution in [3.05, 3.63) is 29.8 Å². The summed E-state index contributed by atoms with van der Waals surface area (Å²) in [5.74, 6) is 1.22. The van der Waals surface area contributed by atoms with Crippen molar-refractivity contribution >= 4 is 23.2 Å². The summed E-state index contributed by atoms with van der Waals surface area (Å²) in [5, 5.41) is 0.504. The van der Waals surface area contributed by atoms with E-state index in [0.29, 0.717) is 11.8 Å². The maximum absolute atomic E-state index is 11.4. The minimum atomic E-state index is 0.119. The number of thioether (sulfide) groups is 1. The van der Waals surface area contributed by atoms with Crippen LogP contribution >= 0.6 is 11.8 Å². The second-order valence-corrected chi connectivity index (χ2v) is 5.69. The number of Topliss-reactive ketones (excluding diaryl/α,β-unsaturated/α-hetero) is 1. The predicted molar refractivity (Wildman–Crippen MR) is 74.0 cm³/mol. The summed E-state index contributed by atoms with van der Waals surface area (Å²) in [6.07, 6.45) is 0. The number of carbonyl (C=O) groups excluding carboxylic acids is 1. The van der Waals surface area contributed by atoms with E-state index in [1.54, 1.807) is 6.92 Å². The highest BCUT2D eigenvalue weighted by atomic mass is 32.2. The molecule has 0 saturated carbocycles. The monoisotopic (exact) mass is 250 g/mol. The molecule has 0 bridgehead atoms. The number of nitrogens with two attached hydrogens (primary N) is 1. The molecule has 0 amide bonds. The van der Waals surface area contributed by atoms with E-state index in [4.69, 9.17) is 5.73 Å². The molecule has 1 unspecified atom stereocenters. The van der Waals surface area contributed by atoms with Gasteiger partial charge in [0.25, 0.3) is 0 Å². The fraction of sp³-hybridized carbons (Fsp3) is 0.462. The molecule has 0 aromatic heterocycles. The molecule has 0 spiro atoms. The van der Waals surface area contributed by atoms with E-state index in [1.165, 1.54) is 0 Å². The van der Waals surface area contributed by atoms with Crippen molar-refractivity contribution in [3.8, 4) is 0 Å². The number of benzene rings is 1. The summed E-state index contributed by atoms with van der Waals surface area (Å²) in [7, 11) is 0. The van der Waals surface area contributed by atoms with Crippen LogP contribution in [0.4, 0.5) is 5.69 Å². The van der Waals surface area contributed by atoms with Crippen molar-refractivity contribution in [1.82, 2.24) is 0 Å². The summed E-state index contributed by atoms with van der Waals surface area (Å²) in [6, 6.07) is 7.86. The fourth-order valence-corrected chi connectivity index (χ4v) is 3.10. The van der Waals surface area contributed by atoms with Gasteiger partial charge in [-0.25, -0.2) is 0 Å². The first-order valence-electron chi connectivity index (χ1n) is 5.88. The van der Waals surface area contributed by atoms with Crippen LogP contribution < -0.4 is 10.6 Å². The Bertz CT molecular complexity index is 408. The first-order valence-corrected chi connectivity index (χ1v) is 6.93. The van der Waals surface area contributed by atoms with Crippen molar-refractivity contribution in [1.29, 1.82) is 0 Å². The first-order chi connectivity index (χ1) is 8.20. The largest absolute Gasteiger partial charge is 0.370 e. The molecular weight excluding hydrogens is 232 g/mol. The molecular formula is C13H18N2OS. The molecule has 1 heterocycles. The van der Waals surface area contributed by atoms with E-state index >= 15 is 0 Å². The molecule has 1 aliphatic rings. The summed E-state index contributed by atoms with van der Waals surface area (Å²) in [6.45, 7) is 4.33. The van der Waals surface area contributed by atoms with E-state index in [0.717, 1.165) is 30.1 Å². The second kappa shape index (κ2) is 5.56. The van der Waals surface area contributed by atoms with Gasteiger partial charge in [-0.05, 0) is 19.1 Å². The standard InChI is InChI=1S/C13H18N2OS/c1-10(16)11-3-2-4-12(7-11)15-5-6-17-13(8-14)9-15/h2-4,7,13H,5-6,8-9,14H2,1H3. The first kappa shape index (κ1) is 12.5. The summed E-state index contributed by atoms with van der Waals surface area (Å²) < 4.78 is 0. The Morgan fingerprint density at radius 2 is 2.41 bits per heavy atom. The zero-order chi connectivity index (χ0) is 12.3. The van der Waals surface area contributed by atoms with E-state index in [9.17, 15) is 4.79 Å². The van der Waals surface area contributed by atoms with Gasteiger partial charge in [-0.1, -0.05) is 12.1 Å². The van der Waals surface area contributed by atoms with Gasteiger partial charge in [-0.15, -0.1) is 0 Å². The zero-order valence-corrected chi connectivity index (χ0v) is 10.9. The topological polar surface area (TPSA) is 46.3 Å². The molecule has 1 fully saturated rings. The third-order valence-electron chi connectivity index (χ3n) is 3.02. The number of ketones is 1. The summed E-state index contributed by atoms with van der Waals surface area (Å²) >= 11 is 1.94. The number of carbonyl (C=O) groups is 1. The highest BCUT2D eigenvalue weighted by molar-refractivity contribution is 8.00. The van der Waals surface area contributed by atoms with Gasteiger partial charge in [0, 0.05) is 41.9 Å². The Kier molecular flexibility index (Phi) is 4.07. The van der Waals surface area contributed by atoms with Crippen molar-refractivity contribution < 1.29 is 4.79 Å². The van der Waals surface area contributed by atoms with Gasteiger partial charge in [0.1, 0.15) is 0 Å². The average Bonchev–Trinajstić information content (AvgIpc) is 2.39. The molecule has 17 heavy (non-hydrogen) atoms. The minimum Gasteiger partial charge on any atom is -0.370 e. The molecule has 92 valence electrons. The zero-order valence-electron chi connectivity index (χ0n) is 10.1. The lowest BCUT2D eigenvalue weighted by Crippen LogP contribution is -2.41. The van der Waals surface area contributed by atoms with Crippen LogP contribution in [0.5, 0.6) is 0 Å². The van der Waals surface area contributed by atoms with Crippen LogP contribution in [0.2, 0.25) is 0 Å². The van der Waals surface area contributed by atoms with Crippen LogP contribution in [0.1, 0.15) is 17.3 Å². The molecule has 2 rings (SSSR count). The van der Waals surface area contributed by atoms with Gasteiger partial charge < -0.3 is 10.6 Å². The van der Waals surface area contributed by atoms with Gasteiger partial charge in [0.2, 0.25) is 0 Å². The van der Waals surface area contributed by atoms with Gasteiger partial charge >= 0.3 is 0 Å². The van der Waals surface area contributed by atoms with Crippen molar-refractivity contribution in [2.24, 2.45) is 5.73 Å². The molecule has 1 aromatic carbocycles. The lowest BCUT2D eigenvalue weighted by atomic mass is 10.1. The van der Waals surface area contributed by atoms with Gasteiger partial charge in [-0.3, -0.25) is 4.79 Å². The normalized spacial score (nSPS) is 20.4. The quantitative estimate of drug-likeness (QED) is 0.831. The Labute approximate surface area is 106 Å². The Morgan fingerprint density at radius 3 is 3.12 bits per heavy atom. The Balaban J connectivity index is 2.16. The summed E-state index contributed by atoms with van der Waals surface area (Å²) in [4.78, 5) is 13.7. The van der Waals surface area contributed by atoms with Crippen LogP contribution in [0.3, 0.4) is 0 Å². The number of anilines is 1. The number of nitrogens with zero attached hydrogens (tertiary/aromatic N) is 1. The maximum atomic E-state index is 11.4. The fourth-order valence-electron chi connectivity index (χ4n) is 2.02. The predicted octanol–water partition coefficient (Wildman–Crippen LogP) is 1.77. The van der Waals surface area contributed by atoms with Gasteiger partial charge in [-0.2, -0.15) is 11.8 Å². The van der Waals surface area contributed by atoms with Gasteiger partial charge in [0.15, 0.2) is 5.78 Å². The molecule has 3 nitrogen and oxygen atoms in total. The number of hydrogen-bond acceptors (Lipinski definition) is 4. The molecule has 0 radical (unpaired) electrons. The molecule has 4 heteroatoms. The molecule has 2 N–H and O–H groups in total. The van der Waals surface area contributed by atoms with Crippen LogP contribution in [-0.4, -0.2) is 36.4 Å². The summed E-state index contributed by atoms with van der Waals surface area (Å²) in [5.41, 5.74) is 7.64. The van der Waals surface area contributed by atoms with Crippen LogP contribution in [0.25, 0.3) is 0 Å². The van der Waals surface area contributed by atoms with Crippen LogP contribution in [-0.2, 0) is 0 Å². The van der Waals surface area contributed by atoms with Crippen molar-refractivity contribution in [2.75, 3.05) is 30.3 Å². The lowest BCUT2D eigenvalue weighted by Gasteiger charge is -2.33. The Hall–Kier alpha value is -1.00. The van der Waals surface area contributed by atoms with E-state index in [2.05, 4.69) is 11.0 Å². The van der Waals surface area contributed by atoms with Crippen LogP contribution in [0, 0.1) is 0 Å². The lowest BCUT2D eigenvalue weighted by molar-refractivity contribution is 0.101. The number of rotatable bonds is 3. The molecule has 1 atom stereocenters. The second-order valence-electron chi connectivity index (χ2n) is 4.28. The maximum Gasteiger partial charge on any atom is 0.159 e. The minimum absolute atomic E-state index is 0.119. The van der Waals surface area contributed by atoms with Crippen LogP contribution in [0.15, 0.2) is 24.3 Å². The third-order valence-corrected chi connectivity index (χ3v) is 4.25. The highest BCUT2D eigenvalue weighted by Gasteiger charge is 2.19. The average molecular weight is 250 g/mol. The highest BCUT2D eigenvalue weighted by Crippen LogP contribution is 2.24. The van der Waals surface area contributed by atoms with Gasteiger partial charge in [0.05, 0.1) is 0 Å². The molecule has 1 aliphatic heterocycles. The SMILES string of the molecule is CC(=O)c1cccc(N2CCSC(CN)C2)c1. The number of hydrogen-bond donors (Lipinski definition) is 1. The third kappa shape index (κ3) is 3.01. The molecule has 1 aromatic rings. The Morgan fingerprint density at radius 1 is 1.59 bits per heavy atom. The van der Waals surface area contributed by atoms with E-state index in [1.807, 2.05) is 30.0 Å². The molecule has 0 aliphatic carbocycles. The smallest absolute Gasteiger partial charge is 0.159 e. The van der Waals surface area contributed by atoms with E-state index < -0.39 is 0 Å².